The Balaban J connectivity index is 2.29. The van der Waals surface area contributed by atoms with Gasteiger partial charge >= 0.3 is 13.1 Å². The van der Waals surface area contributed by atoms with Crippen LogP contribution >= 0.6 is 11.3 Å². The second kappa shape index (κ2) is 6.70. The molecule has 0 spiro atoms. The van der Waals surface area contributed by atoms with Crippen LogP contribution in [-0.2, 0) is 14.1 Å². The third-order valence-electron chi connectivity index (χ3n) is 4.26. The van der Waals surface area contributed by atoms with Gasteiger partial charge < -0.3 is 19.7 Å². The highest BCUT2D eigenvalue weighted by Crippen LogP contribution is 2.39. The molecule has 1 aromatic rings. The number of amides is 1. The van der Waals surface area contributed by atoms with Crippen LogP contribution in [-0.4, -0.2) is 41.8 Å². The minimum absolute atomic E-state index is 0.158. The summed E-state index contributed by atoms with van der Waals surface area (Å²) in [6.45, 7) is 9.53. The van der Waals surface area contributed by atoms with Crippen LogP contribution in [0.1, 0.15) is 49.2 Å². The molecule has 1 aliphatic heterocycles. The molecule has 0 radical (unpaired) electrons. The number of carboxylic acids is 1. The molecule has 1 aromatic heterocycles. The van der Waals surface area contributed by atoms with E-state index in [0.717, 1.165) is 21.7 Å². The maximum atomic E-state index is 11.3. The Bertz CT molecular complexity index is 664. The van der Waals surface area contributed by atoms with Crippen LogP contribution in [0, 0.1) is 0 Å². The smallest absolute Gasteiger partial charge is 0.477 e. The van der Waals surface area contributed by atoms with Crippen molar-refractivity contribution < 1.29 is 24.0 Å². The summed E-state index contributed by atoms with van der Waals surface area (Å²) in [5, 5.41) is 11.8. The normalized spacial score (nSPS) is 19.4. The molecule has 6 nitrogen and oxygen atoms in total. The van der Waals surface area contributed by atoms with Gasteiger partial charge in [-0.2, -0.15) is 0 Å². The Morgan fingerprint density at radius 2 is 1.83 bits per heavy atom. The van der Waals surface area contributed by atoms with Gasteiger partial charge in [0.25, 0.3) is 0 Å². The molecule has 0 aliphatic carbocycles. The Labute approximate surface area is 146 Å². The summed E-state index contributed by atoms with van der Waals surface area (Å²) < 4.78 is 12.1. The van der Waals surface area contributed by atoms with Crippen LogP contribution in [0.2, 0.25) is 0 Å². The summed E-state index contributed by atoms with van der Waals surface area (Å²) >= 11 is 1.16. The minimum atomic E-state index is -0.960. The topological polar surface area (TPSA) is 84.9 Å². The van der Waals surface area contributed by atoms with Gasteiger partial charge in [-0.15, -0.1) is 11.3 Å². The van der Waals surface area contributed by atoms with Crippen LogP contribution < -0.4 is 5.32 Å². The van der Waals surface area contributed by atoms with E-state index in [4.69, 9.17) is 14.4 Å². The summed E-state index contributed by atoms with van der Waals surface area (Å²) in [5.74, 6) is -1.12. The number of nitrogens with one attached hydrogen (secondary N) is 1. The first-order chi connectivity index (χ1) is 11.0. The molecule has 2 heterocycles. The monoisotopic (exact) mass is 351 g/mol. The molecule has 1 amide bonds. The molecule has 0 unspecified atom stereocenters. The predicted molar refractivity (Wildman–Crippen MR) is 94.0 cm³/mol. The van der Waals surface area contributed by atoms with E-state index < -0.39 is 24.3 Å². The first-order valence-corrected chi connectivity index (χ1v) is 8.47. The Kier molecular flexibility index (Phi) is 5.22. The van der Waals surface area contributed by atoms with E-state index in [1.807, 2.05) is 33.8 Å². The molecule has 0 atom stereocenters. The molecule has 0 saturated carbocycles. The Hall–Kier alpha value is -1.64. The van der Waals surface area contributed by atoms with Crippen LogP contribution in [0.15, 0.2) is 17.6 Å². The molecule has 1 saturated heterocycles. The third-order valence-corrected chi connectivity index (χ3v) is 5.28. The Morgan fingerprint density at radius 3 is 2.29 bits per heavy atom. The van der Waals surface area contributed by atoms with Gasteiger partial charge in [-0.3, -0.25) is 4.79 Å². The summed E-state index contributed by atoms with van der Waals surface area (Å²) in [5.41, 5.74) is -0.244. The van der Waals surface area contributed by atoms with Gasteiger partial charge in [0.2, 0.25) is 5.91 Å². The number of carbonyl (C=O) groups is 2. The van der Waals surface area contributed by atoms with Crippen molar-refractivity contribution in [1.29, 1.82) is 0 Å². The van der Waals surface area contributed by atoms with E-state index in [-0.39, 0.29) is 17.3 Å². The molecular weight excluding hydrogens is 329 g/mol. The highest BCUT2D eigenvalue weighted by molar-refractivity contribution is 7.14. The molecule has 0 bridgehead atoms. The van der Waals surface area contributed by atoms with E-state index in [0.29, 0.717) is 0 Å². The van der Waals surface area contributed by atoms with E-state index in [1.54, 1.807) is 12.1 Å². The summed E-state index contributed by atoms with van der Waals surface area (Å²) in [6.07, 6.45) is 1.81. The largest absolute Gasteiger partial charge is 0.492 e. The summed E-state index contributed by atoms with van der Waals surface area (Å²) in [6, 6.07) is 3.28. The standard InChI is InChI=1S/C16H22BNO5S/c1-10(19)18-9-11(8-12-6-7-13(24-12)14(20)21)17-22-15(2,3)16(4,5)23-17/h6-8H,9H2,1-5H3,(H,18,19)(H,20,21). The van der Waals surface area contributed by atoms with E-state index in [9.17, 15) is 9.59 Å². The maximum Gasteiger partial charge on any atom is 0.492 e. The fraction of sp³-hybridized carbons (Fsp3) is 0.500. The lowest BCUT2D eigenvalue weighted by Crippen LogP contribution is -2.41. The number of aromatic carboxylic acids is 1. The van der Waals surface area contributed by atoms with Crippen molar-refractivity contribution in [3.63, 3.8) is 0 Å². The van der Waals surface area contributed by atoms with Crippen molar-refractivity contribution >= 4 is 36.4 Å². The molecule has 8 heteroatoms. The van der Waals surface area contributed by atoms with Gasteiger partial charge in [0, 0.05) is 18.3 Å². The quantitative estimate of drug-likeness (QED) is 0.797. The molecular formula is C16H22BNO5S. The SMILES string of the molecule is CC(=O)NCC(=Cc1ccc(C(=O)O)s1)B1OC(C)(C)C(C)(C)O1. The average molecular weight is 351 g/mol. The number of carboxylic acid groups (broad SMARTS) is 1. The summed E-state index contributed by atoms with van der Waals surface area (Å²) in [7, 11) is -0.600. The highest BCUT2D eigenvalue weighted by Gasteiger charge is 2.52. The van der Waals surface area contributed by atoms with E-state index in [2.05, 4.69) is 5.32 Å². The third kappa shape index (κ3) is 4.06. The molecule has 1 fully saturated rings. The molecule has 2 rings (SSSR count). The Morgan fingerprint density at radius 1 is 1.25 bits per heavy atom. The first kappa shape index (κ1) is 18.7. The van der Waals surface area contributed by atoms with Gasteiger partial charge in [-0.25, -0.2) is 4.79 Å². The van der Waals surface area contributed by atoms with Crippen molar-refractivity contribution in [1.82, 2.24) is 5.32 Å². The van der Waals surface area contributed by atoms with E-state index in [1.165, 1.54) is 6.92 Å². The van der Waals surface area contributed by atoms with Crippen LogP contribution in [0.5, 0.6) is 0 Å². The van der Waals surface area contributed by atoms with Crippen LogP contribution in [0.3, 0.4) is 0 Å². The number of hydrogen-bond acceptors (Lipinski definition) is 5. The lowest BCUT2D eigenvalue weighted by Gasteiger charge is -2.32. The van der Waals surface area contributed by atoms with Crippen molar-refractivity contribution in [2.75, 3.05) is 6.54 Å². The van der Waals surface area contributed by atoms with Crippen molar-refractivity contribution in [2.24, 2.45) is 0 Å². The number of hydrogen-bond donors (Lipinski definition) is 2. The van der Waals surface area contributed by atoms with Gasteiger partial charge in [-0.05, 0) is 51.4 Å². The van der Waals surface area contributed by atoms with Gasteiger partial charge in [0.05, 0.1) is 11.2 Å². The van der Waals surface area contributed by atoms with Crippen molar-refractivity contribution in [2.45, 2.75) is 45.8 Å². The molecule has 130 valence electrons. The fourth-order valence-corrected chi connectivity index (χ4v) is 2.98. The predicted octanol–water partition coefficient (Wildman–Crippen LogP) is 2.60. The second-order valence-corrected chi connectivity index (χ2v) is 7.84. The molecule has 24 heavy (non-hydrogen) atoms. The number of thiophene rings is 1. The van der Waals surface area contributed by atoms with Crippen LogP contribution in [0.25, 0.3) is 6.08 Å². The highest BCUT2D eigenvalue weighted by atomic mass is 32.1. The molecule has 1 aliphatic rings. The molecule has 2 N–H and O–H groups in total. The van der Waals surface area contributed by atoms with Gasteiger partial charge in [0.15, 0.2) is 0 Å². The zero-order chi connectivity index (χ0) is 18.1. The zero-order valence-corrected chi connectivity index (χ0v) is 15.3. The number of rotatable bonds is 5. The van der Waals surface area contributed by atoms with E-state index >= 15 is 0 Å². The van der Waals surface area contributed by atoms with Gasteiger partial charge in [-0.1, -0.05) is 0 Å². The maximum absolute atomic E-state index is 11.3. The van der Waals surface area contributed by atoms with Crippen LogP contribution in [0.4, 0.5) is 0 Å². The molecule has 0 aromatic carbocycles. The average Bonchev–Trinajstić information content (AvgIpc) is 2.97. The zero-order valence-electron chi connectivity index (χ0n) is 14.5. The fourth-order valence-electron chi connectivity index (χ4n) is 2.15. The lowest BCUT2D eigenvalue weighted by molar-refractivity contribution is -0.118. The van der Waals surface area contributed by atoms with Crippen molar-refractivity contribution in [3.05, 3.63) is 27.4 Å². The first-order valence-electron chi connectivity index (χ1n) is 7.65. The second-order valence-electron chi connectivity index (χ2n) is 6.72. The van der Waals surface area contributed by atoms with Gasteiger partial charge in [0.1, 0.15) is 4.88 Å². The summed E-state index contributed by atoms with van der Waals surface area (Å²) in [4.78, 5) is 23.3. The minimum Gasteiger partial charge on any atom is -0.477 e. The number of carbonyl (C=O) groups excluding carboxylic acids is 1. The lowest BCUT2D eigenvalue weighted by atomic mass is 9.77. The van der Waals surface area contributed by atoms with Crippen molar-refractivity contribution in [3.8, 4) is 0 Å².